The van der Waals surface area contributed by atoms with Crippen LogP contribution in [-0.4, -0.2) is 68.9 Å². The summed E-state index contributed by atoms with van der Waals surface area (Å²) in [4.78, 5) is 51.7. The van der Waals surface area contributed by atoms with Gasteiger partial charge in [0.2, 0.25) is 11.6 Å². The maximum atomic E-state index is 13.4. The first-order valence-electron chi connectivity index (χ1n) is 13.3. The van der Waals surface area contributed by atoms with E-state index in [0.717, 1.165) is 11.1 Å². The lowest BCUT2D eigenvalue weighted by atomic mass is 9.82. The van der Waals surface area contributed by atoms with Crippen LogP contribution in [0.1, 0.15) is 39.2 Å². The molecule has 41 heavy (non-hydrogen) atoms. The number of carbonyl (C=O) groups excluding carboxylic acids is 2. The highest BCUT2D eigenvalue weighted by Gasteiger charge is 2.64. The number of hydrogen-bond acceptors (Lipinski definition) is 10. The number of rotatable bonds is 4. The molecule has 0 aliphatic carbocycles. The van der Waals surface area contributed by atoms with Gasteiger partial charge in [0.05, 0.1) is 25.3 Å². The number of benzene rings is 1. The van der Waals surface area contributed by atoms with Crippen molar-refractivity contribution < 1.29 is 28.5 Å². The second kappa shape index (κ2) is 11.9. The standard InChI is InChI=1S/C28H35ClN4O8/c1-15-8-7-9-22(39-6)28(32-37)14-20(40-26(35)30-28)16(2)25-27(3,41-25)21(31-36)13-23(34)33(4)18-11-17(10-15)12-19(38-5)24(18)29/h7-9,11-12,16,20-22,25H,10,13-14H2,1-6H3,(H,30,35)/b9-7+,15-8+. The number of allylic oxidation sites excluding steroid dienone is 3. The van der Waals surface area contributed by atoms with Crippen LogP contribution in [0.15, 0.2) is 46.3 Å². The Morgan fingerprint density at radius 2 is 1.95 bits per heavy atom. The smallest absolute Gasteiger partial charge is 0.409 e. The van der Waals surface area contributed by atoms with Gasteiger partial charge < -0.3 is 23.8 Å². The minimum Gasteiger partial charge on any atom is -0.495 e. The predicted octanol–water partition coefficient (Wildman–Crippen LogP) is 4.66. The molecule has 0 saturated carbocycles. The van der Waals surface area contributed by atoms with Crippen LogP contribution < -0.4 is 15.0 Å². The van der Waals surface area contributed by atoms with Gasteiger partial charge in [-0.05, 0) is 43.1 Å². The summed E-state index contributed by atoms with van der Waals surface area (Å²) in [5.41, 5.74) is -0.556. The third-order valence-corrected chi connectivity index (χ3v) is 8.65. The molecule has 1 aromatic carbocycles. The normalized spacial score (nSPS) is 36.1. The van der Waals surface area contributed by atoms with E-state index in [1.807, 2.05) is 13.0 Å². The number of nitrogens with zero attached hydrogens (tertiary/aromatic N) is 3. The van der Waals surface area contributed by atoms with Gasteiger partial charge in [0, 0.05) is 26.5 Å². The molecular formula is C28H35ClN4O8. The summed E-state index contributed by atoms with van der Waals surface area (Å²) in [6, 6.07) is 2.54. The number of halogens is 1. The molecule has 12 nitrogen and oxygen atoms in total. The number of nitroso groups, excluding NO2 is 2. The fourth-order valence-corrected chi connectivity index (χ4v) is 6.03. The van der Waals surface area contributed by atoms with Crippen molar-refractivity contribution in [1.82, 2.24) is 5.32 Å². The quantitative estimate of drug-likeness (QED) is 0.393. The maximum Gasteiger partial charge on any atom is 0.409 e. The minimum atomic E-state index is -1.64. The second-order valence-electron chi connectivity index (χ2n) is 11.0. The van der Waals surface area contributed by atoms with Crippen LogP contribution >= 0.6 is 11.6 Å². The van der Waals surface area contributed by atoms with E-state index in [9.17, 15) is 19.4 Å². The number of fused-ring (bicyclic) bond motifs is 5. The Morgan fingerprint density at radius 1 is 1.22 bits per heavy atom. The third kappa shape index (κ3) is 5.86. The molecule has 0 spiro atoms. The molecule has 2 fully saturated rings. The molecule has 7 atom stereocenters. The van der Waals surface area contributed by atoms with Gasteiger partial charge in [0.1, 0.15) is 34.6 Å². The van der Waals surface area contributed by atoms with Crippen LogP contribution in [0, 0.1) is 15.7 Å². The van der Waals surface area contributed by atoms with E-state index in [0.29, 0.717) is 17.9 Å². The number of methoxy groups -OCH3 is 2. The highest BCUT2D eigenvalue weighted by molar-refractivity contribution is 6.35. The number of carbonyl (C=O) groups is 2. The summed E-state index contributed by atoms with van der Waals surface area (Å²) in [6.45, 7) is 5.39. The molecule has 2 saturated heterocycles. The number of anilines is 1. The summed E-state index contributed by atoms with van der Waals surface area (Å²) in [6.07, 6.45) is 2.35. The number of nitrogens with one attached hydrogen (secondary N) is 1. The van der Waals surface area contributed by atoms with Gasteiger partial charge in [-0.25, -0.2) is 4.79 Å². The highest BCUT2D eigenvalue weighted by Crippen LogP contribution is 2.49. The zero-order valence-electron chi connectivity index (χ0n) is 23.9. The van der Waals surface area contributed by atoms with Crippen molar-refractivity contribution in [2.75, 3.05) is 26.2 Å². The Morgan fingerprint density at radius 3 is 2.59 bits per heavy atom. The fourth-order valence-electron chi connectivity index (χ4n) is 5.72. The van der Waals surface area contributed by atoms with Crippen molar-refractivity contribution in [3.8, 4) is 5.75 Å². The SMILES string of the molecule is COc1cc2cc(c1Cl)N(C)C(=O)CC(N=O)C1(C)OC1C(C)C1CC(N=O)(NC(=O)O1)C(OC)/C=C/C=C(\C)C2. The molecule has 3 aliphatic rings. The lowest BCUT2D eigenvalue weighted by Crippen LogP contribution is -2.62. The van der Waals surface area contributed by atoms with Crippen LogP contribution in [0.25, 0.3) is 0 Å². The fraction of sp³-hybridized carbons (Fsp3) is 0.571. The molecule has 4 bridgehead atoms. The number of amides is 2. The first-order valence-corrected chi connectivity index (χ1v) is 13.6. The van der Waals surface area contributed by atoms with Gasteiger partial charge in [0.15, 0.2) is 0 Å². The Bertz CT molecular complexity index is 1290. The zero-order chi connectivity index (χ0) is 30.1. The minimum absolute atomic E-state index is 0.00410. The Hall–Kier alpha value is -3.35. The Kier molecular flexibility index (Phi) is 8.86. The van der Waals surface area contributed by atoms with Crippen molar-refractivity contribution in [2.24, 2.45) is 16.3 Å². The van der Waals surface area contributed by atoms with Crippen molar-refractivity contribution in [3.05, 3.63) is 56.3 Å². The first kappa shape index (κ1) is 30.6. The van der Waals surface area contributed by atoms with E-state index in [2.05, 4.69) is 15.7 Å². The third-order valence-electron chi connectivity index (χ3n) is 8.27. The molecule has 222 valence electrons. The van der Waals surface area contributed by atoms with Crippen molar-refractivity contribution in [3.63, 3.8) is 0 Å². The summed E-state index contributed by atoms with van der Waals surface area (Å²) in [5, 5.41) is 9.35. The molecule has 1 N–H and O–H groups in total. The molecule has 0 aromatic heterocycles. The van der Waals surface area contributed by atoms with Crippen molar-refractivity contribution in [1.29, 1.82) is 0 Å². The number of hydrogen-bond donors (Lipinski definition) is 1. The molecule has 7 unspecified atom stereocenters. The molecule has 4 rings (SSSR count). The molecule has 13 heteroatoms. The number of epoxide rings is 1. The van der Waals surface area contributed by atoms with E-state index >= 15 is 0 Å². The van der Waals surface area contributed by atoms with Crippen LogP contribution in [-0.2, 0) is 25.4 Å². The second-order valence-corrected chi connectivity index (χ2v) is 11.4. The zero-order valence-corrected chi connectivity index (χ0v) is 24.6. The number of alkyl carbamates (subject to hydrolysis) is 1. The molecular weight excluding hydrogens is 556 g/mol. The molecule has 2 amide bonds. The van der Waals surface area contributed by atoms with Crippen LogP contribution in [0.2, 0.25) is 5.02 Å². The summed E-state index contributed by atoms with van der Waals surface area (Å²) >= 11 is 6.59. The topological polar surface area (TPSA) is 148 Å². The van der Waals surface area contributed by atoms with Crippen LogP contribution in [0.3, 0.4) is 0 Å². The average Bonchev–Trinajstić information content (AvgIpc) is 3.64. The largest absolute Gasteiger partial charge is 0.495 e. The van der Waals surface area contributed by atoms with Gasteiger partial charge >= 0.3 is 6.09 Å². The Balaban J connectivity index is 1.79. The van der Waals surface area contributed by atoms with E-state index in [4.69, 9.17) is 30.5 Å². The number of ether oxygens (including phenoxy) is 4. The van der Waals surface area contributed by atoms with E-state index in [1.165, 1.54) is 19.1 Å². The molecule has 3 heterocycles. The molecule has 3 aliphatic heterocycles. The molecule has 1 aromatic rings. The van der Waals surface area contributed by atoms with Crippen LogP contribution in [0.5, 0.6) is 5.75 Å². The van der Waals surface area contributed by atoms with Gasteiger partial charge in [-0.1, -0.05) is 47.5 Å². The average molecular weight is 591 g/mol. The highest BCUT2D eigenvalue weighted by atomic mass is 35.5. The van der Waals surface area contributed by atoms with Crippen molar-refractivity contribution >= 4 is 29.3 Å². The van der Waals surface area contributed by atoms with Gasteiger partial charge in [-0.15, -0.1) is 4.91 Å². The Labute approximate surface area is 243 Å². The van der Waals surface area contributed by atoms with E-state index in [1.54, 1.807) is 45.2 Å². The lowest BCUT2D eigenvalue weighted by Gasteiger charge is -2.40. The van der Waals surface area contributed by atoms with Gasteiger partial charge in [0.25, 0.3) is 0 Å². The summed E-state index contributed by atoms with van der Waals surface area (Å²) in [7, 11) is 4.48. The maximum absolute atomic E-state index is 13.4. The predicted molar refractivity (Wildman–Crippen MR) is 152 cm³/mol. The first-order chi connectivity index (χ1) is 19.4. The van der Waals surface area contributed by atoms with Gasteiger partial charge in [-0.3, -0.25) is 10.1 Å². The van der Waals surface area contributed by atoms with Gasteiger partial charge in [-0.2, -0.15) is 4.91 Å². The van der Waals surface area contributed by atoms with Crippen molar-refractivity contribution in [2.45, 2.75) is 75.7 Å². The van der Waals surface area contributed by atoms with E-state index in [-0.39, 0.29) is 17.9 Å². The van der Waals surface area contributed by atoms with E-state index < -0.39 is 53.5 Å². The van der Waals surface area contributed by atoms with Crippen LogP contribution in [0.4, 0.5) is 10.5 Å². The lowest BCUT2D eigenvalue weighted by molar-refractivity contribution is -0.119. The summed E-state index contributed by atoms with van der Waals surface area (Å²) in [5.74, 6) is -0.469. The monoisotopic (exact) mass is 590 g/mol. The summed E-state index contributed by atoms with van der Waals surface area (Å²) < 4.78 is 22.6. The molecule has 0 radical (unpaired) electrons.